The maximum absolute atomic E-state index is 12.9. The molecule has 0 radical (unpaired) electrons. The average Bonchev–Trinajstić information content (AvgIpc) is 3.37. The molecule has 12 heteroatoms. The van der Waals surface area contributed by atoms with Crippen LogP contribution in [-0.2, 0) is 42.2 Å². The predicted octanol–water partition coefficient (Wildman–Crippen LogP) is 16.2. The largest absolute Gasteiger partial charge is 0.472 e. The van der Waals surface area contributed by atoms with Crippen LogP contribution in [0.5, 0.6) is 0 Å². The molecule has 0 rings (SSSR count). The number of ether oxygens (including phenoxy) is 3. The quantitative estimate of drug-likeness (QED) is 0.0197. The number of unbranched alkanes of at least 4 members (excludes halogenated alkanes) is 15. The molecule has 0 aliphatic rings. The Kier molecular flexibility index (Phi) is 50.6. The molecule has 2 N–H and O–H groups in total. The summed E-state index contributed by atoms with van der Waals surface area (Å²) in [5.41, 5.74) is 0. The van der Waals surface area contributed by atoms with Gasteiger partial charge in [0.15, 0.2) is 6.10 Å². The highest BCUT2D eigenvalue weighted by atomic mass is 31.2. The van der Waals surface area contributed by atoms with Gasteiger partial charge in [-0.2, -0.15) is 0 Å². The normalized spacial score (nSPS) is 14.2. The second-order valence-electron chi connectivity index (χ2n) is 18.0. The van der Waals surface area contributed by atoms with Crippen LogP contribution in [0.15, 0.2) is 109 Å². The van der Waals surface area contributed by atoms with E-state index in [-0.39, 0.29) is 25.9 Å². The zero-order valence-electron chi connectivity index (χ0n) is 45.1. The summed E-state index contributed by atoms with van der Waals surface area (Å²) >= 11 is 0. The molecule has 11 nitrogen and oxygen atoms in total. The van der Waals surface area contributed by atoms with Crippen LogP contribution in [0, 0.1) is 0 Å². The lowest BCUT2D eigenvalue weighted by Crippen LogP contribution is -2.30. The van der Waals surface area contributed by atoms with Crippen LogP contribution in [0.25, 0.3) is 0 Å². The van der Waals surface area contributed by atoms with E-state index in [1.165, 1.54) is 19.3 Å². The number of hydrogen-bond acceptors (Lipinski definition) is 10. The lowest BCUT2D eigenvalue weighted by atomic mass is 10.1. The molecule has 0 aliphatic carbocycles. The molecule has 3 atom stereocenters. The van der Waals surface area contributed by atoms with Crippen LogP contribution in [0.3, 0.4) is 0 Å². The van der Waals surface area contributed by atoms with Gasteiger partial charge in [0.25, 0.3) is 0 Å². The number of aliphatic hydroxyl groups is 1. The molecule has 0 spiro atoms. The minimum atomic E-state index is -4.77. The Bertz CT molecular complexity index is 1620. The molecular weight excluding hydrogens is 928 g/mol. The van der Waals surface area contributed by atoms with Crippen molar-refractivity contribution in [2.75, 3.05) is 26.4 Å². The van der Waals surface area contributed by atoms with Crippen molar-refractivity contribution in [3.05, 3.63) is 109 Å². The third-order valence-corrected chi connectivity index (χ3v) is 12.1. The Labute approximate surface area is 437 Å². The standard InChI is InChI=1S/C60H99O11P/c1-4-7-10-13-16-19-22-25-27-28-30-33-36-39-42-45-48-51-60(64)71-57(53-67-58(62)49-46-43-40-37-34-32-29-26-23-20-17-14-11-8-5-2)55-69-72(65,66)68-54-56(52-61)70-59(63)50-47-44-41-38-35-31-24-21-18-15-12-9-6-3/h7,9-10,12,16-21,25-27,29-31,33,35,56-57,61H,4-6,8,11,13-15,22-24,28,32,34,36-55H2,1-3H3,(H,65,66)/b10-7-,12-9-,19-16-,20-17-,21-18-,27-25-,29-26-,33-30-,35-31-. The van der Waals surface area contributed by atoms with E-state index in [0.29, 0.717) is 19.3 Å². The van der Waals surface area contributed by atoms with Gasteiger partial charge in [0, 0.05) is 19.3 Å². The van der Waals surface area contributed by atoms with E-state index in [0.717, 1.165) is 135 Å². The minimum absolute atomic E-state index is 0.129. The third kappa shape index (κ3) is 51.1. The van der Waals surface area contributed by atoms with Crippen LogP contribution < -0.4 is 0 Å². The molecule has 0 saturated heterocycles. The zero-order valence-corrected chi connectivity index (χ0v) is 46.0. The monoisotopic (exact) mass is 1030 g/mol. The molecule has 3 unspecified atom stereocenters. The number of phosphoric acid groups is 1. The number of carbonyl (C=O) groups is 3. The van der Waals surface area contributed by atoms with E-state index in [1.54, 1.807) is 0 Å². The van der Waals surface area contributed by atoms with Gasteiger partial charge < -0.3 is 24.2 Å². The molecular formula is C60H99O11P. The second kappa shape index (κ2) is 53.4. The molecule has 0 fully saturated rings. The topological polar surface area (TPSA) is 155 Å². The summed E-state index contributed by atoms with van der Waals surface area (Å²) in [6, 6.07) is 0. The highest BCUT2D eigenvalue weighted by Crippen LogP contribution is 2.43. The molecule has 0 amide bonds. The van der Waals surface area contributed by atoms with Crippen LogP contribution in [0.2, 0.25) is 0 Å². The van der Waals surface area contributed by atoms with Crippen molar-refractivity contribution in [1.29, 1.82) is 0 Å². The van der Waals surface area contributed by atoms with Gasteiger partial charge in [-0.1, -0.05) is 182 Å². The van der Waals surface area contributed by atoms with E-state index in [4.69, 9.17) is 23.3 Å². The van der Waals surface area contributed by atoms with Gasteiger partial charge in [-0.15, -0.1) is 0 Å². The summed E-state index contributed by atoms with van der Waals surface area (Å²) in [5.74, 6) is -1.55. The Morgan fingerprint density at radius 2 is 0.722 bits per heavy atom. The van der Waals surface area contributed by atoms with E-state index >= 15 is 0 Å². The fourth-order valence-electron chi connectivity index (χ4n) is 6.98. The first kappa shape index (κ1) is 68.1. The number of rotatable bonds is 50. The molecule has 0 aliphatic heterocycles. The maximum Gasteiger partial charge on any atom is 0.472 e. The van der Waals surface area contributed by atoms with Gasteiger partial charge in [0.1, 0.15) is 12.7 Å². The molecule has 410 valence electrons. The summed E-state index contributed by atoms with van der Waals surface area (Å²) in [7, 11) is -4.77. The van der Waals surface area contributed by atoms with E-state index in [9.17, 15) is 28.9 Å². The van der Waals surface area contributed by atoms with E-state index < -0.39 is 57.8 Å². The number of carbonyl (C=O) groups excluding carboxylic acids is 3. The van der Waals surface area contributed by atoms with Crippen molar-refractivity contribution in [3.8, 4) is 0 Å². The SMILES string of the molecule is CC/C=C\C/C=C\C/C=C\C/C=C\CCCCCCC(=O)OC(COC(=O)CCCCCCC/C=C\C/C=C\CCCCC)COP(=O)(O)OCC(CO)OC(=O)CCCCC/C=C\C/C=C\C/C=C\CC. The van der Waals surface area contributed by atoms with Crippen molar-refractivity contribution in [3.63, 3.8) is 0 Å². The number of hydrogen-bond donors (Lipinski definition) is 2. The summed E-state index contributed by atoms with van der Waals surface area (Å²) in [4.78, 5) is 48.5. The first-order valence-corrected chi connectivity index (χ1v) is 29.3. The fraction of sp³-hybridized carbons (Fsp3) is 0.650. The van der Waals surface area contributed by atoms with Crippen LogP contribution in [-0.4, -0.2) is 66.5 Å². The number of allylic oxidation sites excluding steroid dienone is 18. The number of esters is 3. The Balaban J connectivity index is 4.85. The second-order valence-corrected chi connectivity index (χ2v) is 19.4. The third-order valence-electron chi connectivity index (χ3n) is 11.2. The Hall–Kier alpha value is -3.86. The minimum Gasteiger partial charge on any atom is -0.462 e. The smallest absolute Gasteiger partial charge is 0.462 e. The van der Waals surface area contributed by atoms with Crippen molar-refractivity contribution >= 4 is 25.7 Å². The highest BCUT2D eigenvalue weighted by Gasteiger charge is 2.28. The van der Waals surface area contributed by atoms with E-state index in [2.05, 4.69) is 130 Å². The van der Waals surface area contributed by atoms with Crippen molar-refractivity contribution in [1.82, 2.24) is 0 Å². The van der Waals surface area contributed by atoms with Gasteiger partial charge in [0.05, 0.1) is 19.8 Å². The fourth-order valence-corrected chi connectivity index (χ4v) is 7.76. The first-order chi connectivity index (χ1) is 35.2. The molecule has 72 heavy (non-hydrogen) atoms. The van der Waals surface area contributed by atoms with Gasteiger partial charge >= 0.3 is 25.7 Å². The summed E-state index contributed by atoms with van der Waals surface area (Å²) in [5, 5.41) is 9.79. The molecule has 0 aromatic carbocycles. The predicted molar refractivity (Wildman–Crippen MR) is 297 cm³/mol. The summed E-state index contributed by atoms with van der Waals surface area (Å²) in [6.45, 7) is 4.29. The van der Waals surface area contributed by atoms with E-state index in [1.807, 2.05) is 0 Å². The number of phosphoric ester groups is 1. The van der Waals surface area contributed by atoms with Gasteiger partial charge in [-0.3, -0.25) is 23.4 Å². The van der Waals surface area contributed by atoms with Crippen molar-refractivity contribution in [2.45, 2.75) is 226 Å². The molecule has 0 bridgehead atoms. The molecule has 0 heterocycles. The molecule has 0 aromatic heterocycles. The lowest BCUT2D eigenvalue weighted by molar-refractivity contribution is -0.161. The molecule has 0 saturated carbocycles. The van der Waals surface area contributed by atoms with Gasteiger partial charge in [-0.25, -0.2) is 4.57 Å². The maximum atomic E-state index is 12.9. The van der Waals surface area contributed by atoms with Crippen LogP contribution in [0.1, 0.15) is 213 Å². The lowest BCUT2D eigenvalue weighted by Gasteiger charge is -2.21. The Morgan fingerprint density at radius 3 is 1.12 bits per heavy atom. The summed E-state index contributed by atoms with van der Waals surface area (Å²) < 4.78 is 39.4. The highest BCUT2D eigenvalue weighted by molar-refractivity contribution is 7.47. The van der Waals surface area contributed by atoms with Crippen molar-refractivity contribution < 1.29 is 52.2 Å². The Morgan fingerprint density at radius 1 is 0.403 bits per heavy atom. The average molecular weight is 1030 g/mol. The summed E-state index contributed by atoms with van der Waals surface area (Å²) in [6.07, 6.45) is 63.4. The molecule has 0 aromatic rings. The first-order valence-electron chi connectivity index (χ1n) is 27.8. The van der Waals surface area contributed by atoms with Gasteiger partial charge in [0.2, 0.25) is 0 Å². The van der Waals surface area contributed by atoms with Gasteiger partial charge in [-0.05, 0) is 122 Å². The van der Waals surface area contributed by atoms with Crippen molar-refractivity contribution in [2.24, 2.45) is 0 Å². The van der Waals surface area contributed by atoms with Crippen LogP contribution in [0.4, 0.5) is 0 Å². The number of aliphatic hydroxyl groups excluding tert-OH is 1. The van der Waals surface area contributed by atoms with Crippen LogP contribution >= 0.6 is 7.82 Å². The zero-order chi connectivity index (χ0) is 52.7.